The summed E-state index contributed by atoms with van der Waals surface area (Å²) in [5.41, 5.74) is 9.77. The Balaban J connectivity index is 2.42. The summed E-state index contributed by atoms with van der Waals surface area (Å²) in [6, 6.07) is 8.19. The van der Waals surface area contributed by atoms with E-state index >= 15 is 0 Å². The number of thiophene rings is 1. The van der Waals surface area contributed by atoms with Crippen LogP contribution in [0.15, 0.2) is 28.1 Å². The lowest BCUT2D eigenvalue weighted by Crippen LogP contribution is -2.12. The maximum Gasteiger partial charge on any atom is 0.122 e. The van der Waals surface area contributed by atoms with Gasteiger partial charge in [0.05, 0.1) is 16.9 Å². The largest absolute Gasteiger partial charge is 0.496 e. The van der Waals surface area contributed by atoms with Gasteiger partial charge in [0.25, 0.3) is 0 Å². The highest BCUT2D eigenvalue weighted by molar-refractivity contribution is 9.11. The first kappa shape index (κ1) is 13.6. The average molecular weight is 326 g/mol. The SMILES string of the molecule is COc1cc(C)c(C(N)c2ccc(Br)s2)cc1C. The second-order valence-electron chi connectivity index (χ2n) is 4.30. The fraction of sp³-hybridized carbons (Fsp3) is 0.286. The lowest BCUT2D eigenvalue weighted by atomic mass is 9.98. The van der Waals surface area contributed by atoms with Crippen molar-refractivity contribution < 1.29 is 4.74 Å². The summed E-state index contributed by atoms with van der Waals surface area (Å²) in [6.07, 6.45) is 0. The summed E-state index contributed by atoms with van der Waals surface area (Å²) in [4.78, 5) is 1.16. The van der Waals surface area contributed by atoms with Gasteiger partial charge >= 0.3 is 0 Å². The van der Waals surface area contributed by atoms with Crippen LogP contribution in [0.2, 0.25) is 0 Å². The topological polar surface area (TPSA) is 35.2 Å². The summed E-state index contributed by atoms with van der Waals surface area (Å²) in [5, 5.41) is 0. The Morgan fingerprint density at radius 2 is 1.94 bits per heavy atom. The molecule has 1 aromatic heterocycles. The van der Waals surface area contributed by atoms with E-state index in [2.05, 4.69) is 35.0 Å². The summed E-state index contributed by atoms with van der Waals surface area (Å²) >= 11 is 5.15. The van der Waals surface area contributed by atoms with Crippen LogP contribution < -0.4 is 10.5 Å². The standard InChI is InChI=1S/C14H16BrNOS/c1-8-7-11(17-3)9(2)6-10(8)14(16)12-4-5-13(15)18-12/h4-7,14H,16H2,1-3H3. The molecule has 0 aliphatic carbocycles. The number of rotatable bonds is 3. The van der Waals surface area contributed by atoms with E-state index in [1.54, 1.807) is 18.4 Å². The van der Waals surface area contributed by atoms with Crippen LogP contribution >= 0.6 is 27.3 Å². The highest BCUT2D eigenvalue weighted by atomic mass is 79.9. The second-order valence-corrected chi connectivity index (χ2v) is 6.79. The van der Waals surface area contributed by atoms with Crippen LogP contribution in [0.1, 0.15) is 27.6 Å². The number of halogens is 1. The number of aryl methyl sites for hydroxylation is 2. The van der Waals surface area contributed by atoms with Crippen molar-refractivity contribution in [3.05, 3.63) is 49.6 Å². The molecular formula is C14H16BrNOS. The van der Waals surface area contributed by atoms with Gasteiger partial charge in [0.1, 0.15) is 5.75 Å². The second kappa shape index (κ2) is 5.43. The maximum absolute atomic E-state index is 6.34. The Labute approximate surface area is 120 Å². The molecule has 96 valence electrons. The highest BCUT2D eigenvalue weighted by Gasteiger charge is 2.15. The monoisotopic (exact) mass is 325 g/mol. The zero-order valence-corrected chi connectivity index (χ0v) is 13.1. The zero-order valence-electron chi connectivity index (χ0n) is 10.7. The summed E-state index contributed by atoms with van der Waals surface area (Å²) < 4.78 is 6.43. The number of hydrogen-bond donors (Lipinski definition) is 1. The molecular weight excluding hydrogens is 310 g/mol. The molecule has 1 aromatic carbocycles. The van der Waals surface area contributed by atoms with Gasteiger partial charge in [-0.25, -0.2) is 0 Å². The Bertz CT molecular complexity index is 565. The molecule has 0 saturated carbocycles. The van der Waals surface area contributed by atoms with Crippen molar-refractivity contribution in [2.45, 2.75) is 19.9 Å². The van der Waals surface area contributed by atoms with Crippen LogP contribution in [0.3, 0.4) is 0 Å². The molecule has 1 heterocycles. The minimum atomic E-state index is -0.0779. The molecule has 0 aliphatic heterocycles. The van der Waals surface area contributed by atoms with Crippen LogP contribution in [0, 0.1) is 13.8 Å². The first-order chi connectivity index (χ1) is 8.52. The van der Waals surface area contributed by atoms with Crippen LogP contribution in [0.25, 0.3) is 0 Å². The third-order valence-corrected chi connectivity index (χ3v) is 4.73. The van der Waals surface area contributed by atoms with E-state index in [1.807, 2.05) is 19.1 Å². The van der Waals surface area contributed by atoms with Crippen molar-refractivity contribution in [2.75, 3.05) is 7.11 Å². The lowest BCUT2D eigenvalue weighted by Gasteiger charge is -2.16. The number of hydrogen-bond acceptors (Lipinski definition) is 3. The Morgan fingerprint density at radius 1 is 1.22 bits per heavy atom. The molecule has 0 aliphatic rings. The van der Waals surface area contributed by atoms with Crippen LogP contribution in [-0.4, -0.2) is 7.11 Å². The van der Waals surface area contributed by atoms with Crippen LogP contribution in [0.4, 0.5) is 0 Å². The van der Waals surface area contributed by atoms with Gasteiger partial charge in [0.15, 0.2) is 0 Å². The normalized spacial score (nSPS) is 12.5. The Hall–Kier alpha value is -0.840. The summed E-state index contributed by atoms with van der Waals surface area (Å²) in [5.74, 6) is 0.913. The van der Waals surface area contributed by atoms with Gasteiger partial charge < -0.3 is 10.5 Å². The lowest BCUT2D eigenvalue weighted by molar-refractivity contribution is 0.411. The molecule has 4 heteroatoms. The molecule has 18 heavy (non-hydrogen) atoms. The van der Waals surface area contributed by atoms with Crippen molar-refractivity contribution in [1.82, 2.24) is 0 Å². The van der Waals surface area contributed by atoms with Crippen molar-refractivity contribution in [2.24, 2.45) is 5.73 Å². The minimum Gasteiger partial charge on any atom is -0.496 e. The molecule has 0 radical (unpaired) electrons. The summed E-state index contributed by atoms with van der Waals surface area (Å²) in [6.45, 7) is 4.11. The van der Waals surface area contributed by atoms with Gasteiger partial charge in [0.2, 0.25) is 0 Å². The van der Waals surface area contributed by atoms with E-state index in [0.717, 1.165) is 31.1 Å². The van der Waals surface area contributed by atoms with Gasteiger partial charge in [-0.1, -0.05) is 6.07 Å². The molecule has 0 fully saturated rings. The fourth-order valence-electron chi connectivity index (χ4n) is 2.02. The first-order valence-corrected chi connectivity index (χ1v) is 7.30. The number of benzene rings is 1. The smallest absolute Gasteiger partial charge is 0.122 e. The number of nitrogens with two attached hydrogens (primary N) is 1. The Kier molecular flexibility index (Phi) is 4.10. The molecule has 0 bridgehead atoms. The van der Waals surface area contributed by atoms with E-state index in [0.29, 0.717) is 0 Å². The molecule has 0 spiro atoms. The maximum atomic E-state index is 6.34. The van der Waals surface area contributed by atoms with Crippen LogP contribution in [-0.2, 0) is 0 Å². The molecule has 2 rings (SSSR count). The van der Waals surface area contributed by atoms with Crippen molar-refractivity contribution in [3.8, 4) is 5.75 Å². The van der Waals surface area contributed by atoms with Gasteiger partial charge in [-0.2, -0.15) is 0 Å². The fourth-order valence-corrected chi connectivity index (χ4v) is 3.46. The third kappa shape index (κ3) is 2.60. The van der Waals surface area contributed by atoms with Gasteiger partial charge in [-0.3, -0.25) is 0 Å². The molecule has 1 unspecified atom stereocenters. The molecule has 2 N–H and O–H groups in total. The van der Waals surface area contributed by atoms with Crippen LogP contribution in [0.5, 0.6) is 5.75 Å². The quantitative estimate of drug-likeness (QED) is 0.918. The molecule has 1 atom stereocenters. The Morgan fingerprint density at radius 3 is 2.50 bits per heavy atom. The zero-order chi connectivity index (χ0) is 13.3. The number of ether oxygens (including phenoxy) is 1. The first-order valence-electron chi connectivity index (χ1n) is 5.69. The van der Waals surface area contributed by atoms with Crippen molar-refractivity contribution in [1.29, 1.82) is 0 Å². The van der Waals surface area contributed by atoms with Gasteiger partial charge in [-0.05, 0) is 64.7 Å². The van der Waals surface area contributed by atoms with E-state index in [-0.39, 0.29) is 6.04 Å². The molecule has 2 aromatic rings. The minimum absolute atomic E-state index is 0.0779. The van der Waals surface area contributed by atoms with Gasteiger partial charge in [0, 0.05) is 4.88 Å². The number of methoxy groups -OCH3 is 1. The van der Waals surface area contributed by atoms with Crippen molar-refractivity contribution >= 4 is 27.3 Å². The van der Waals surface area contributed by atoms with E-state index in [4.69, 9.17) is 10.5 Å². The summed E-state index contributed by atoms with van der Waals surface area (Å²) in [7, 11) is 1.69. The predicted molar refractivity (Wildman–Crippen MR) is 80.5 cm³/mol. The van der Waals surface area contributed by atoms with E-state index in [9.17, 15) is 0 Å². The molecule has 2 nitrogen and oxygen atoms in total. The molecule has 0 saturated heterocycles. The third-order valence-electron chi connectivity index (χ3n) is 3.02. The predicted octanol–water partition coefficient (Wildman–Crippen LogP) is 4.18. The highest BCUT2D eigenvalue weighted by Crippen LogP contribution is 2.33. The van der Waals surface area contributed by atoms with Crippen molar-refractivity contribution in [3.63, 3.8) is 0 Å². The van der Waals surface area contributed by atoms with E-state index < -0.39 is 0 Å². The average Bonchev–Trinajstić information content (AvgIpc) is 2.77. The van der Waals surface area contributed by atoms with E-state index in [1.165, 1.54) is 0 Å². The molecule has 0 amide bonds. The van der Waals surface area contributed by atoms with Gasteiger partial charge in [-0.15, -0.1) is 11.3 Å².